The minimum Gasteiger partial charge on any atom is -0.335 e. The van der Waals surface area contributed by atoms with Gasteiger partial charge in [0.15, 0.2) is 0 Å². The molecule has 1 fully saturated rings. The van der Waals surface area contributed by atoms with Gasteiger partial charge in [-0.3, -0.25) is 9.69 Å². The third-order valence-electron chi connectivity index (χ3n) is 4.74. The molecule has 1 aliphatic rings. The average molecular weight is 450 g/mol. The molecule has 134 valence electrons. The van der Waals surface area contributed by atoms with Gasteiger partial charge in [0.05, 0.1) is 5.02 Å². The van der Waals surface area contributed by atoms with Gasteiger partial charge in [-0.05, 0) is 17.7 Å². The van der Waals surface area contributed by atoms with Crippen molar-refractivity contribution in [3.63, 3.8) is 0 Å². The first-order chi connectivity index (χ1) is 12.6. The predicted molar refractivity (Wildman–Crippen MR) is 112 cm³/mol. The molecule has 0 bridgehead atoms. The van der Waals surface area contributed by atoms with E-state index in [0.717, 1.165) is 47.3 Å². The van der Waals surface area contributed by atoms with Gasteiger partial charge in [-0.25, -0.2) is 0 Å². The van der Waals surface area contributed by atoms with Gasteiger partial charge in [-0.2, -0.15) is 0 Å². The number of hydrogen-bond acceptors (Lipinski definition) is 3. The molecule has 2 aromatic carbocycles. The molecule has 26 heavy (non-hydrogen) atoms. The molecule has 0 spiro atoms. The van der Waals surface area contributed by atoms with Crippen molar-refractivity contribution in [2.75, 3.05) is 26.2 Å². The molecule has 1 saturated heterocycles. The van der Waals surface area contributed by atoms with E-state index in [1.165, 1.54) is 16.9 Å². The summed E-state index contributed by atoms with van der Waals surface area (Å²) in [6.45, 7) is 4.10. The average Bonchev–Trinajstić information content (AvgIpc) is 3.01. The van der Waals surface area contributed by atoms with Crippen molar-refractivity contribution < 1.29 is 4.79 Å². The van der Waals surface area contributed by atoms with E-state index in [1.54, 1.807) is 0 Å². The summed E-state index contributed by atoms with van der Waals surface area (Å²) in [5.41, 5.74) is 1.28. The van der Waals surface area contributed by atoms with E-state index in [4.69, 9.17) is 11.6 Å². The maximum atomic E-state index is 12.9. The standard InChI is InChI=1S/C20H18BrClN2OS/c21-16-7-3-1-5-14(16)13-23-9-11-24(12-10-23)20(25)19-18(22)15-6-2-4-8-17(15)26-19/h1-8H,9-13H2. The zero-order chi connectivity index (χ0) is 18.1. The van der Waals surface area contributed by atoms with Crippen LogP contribution >= 0.6 is 38.9 Å². The number of fused-ring (bicyclic) bond motifs is 1. The molecule has 0 N–H and O–H groups in total. The number of piperazine rings is 1. The second-order valence-corrected chi connectivity index (χ2v) is 8.69. The Labute approximate surface area is 170 Å². The molecule has 0 atom stereocenters. The van der Waals surface area contributed by atoms with Crippen LogP contribution in [-0.4, -0.2) is 41.9 Å². The molecule has 1 aromatic heterocycles. The van der Waals surface area contributed by atoms with Crippen LogP contribution in [0.3, 0.4) is 0 Å². The van der Waals surface area contributed by atoms with Gasteiger partial charge in [0.2, 0.25) is 0 Å². The molecular weight excluding hydrogens is 432 g/mol. The lowest BCUT2D eigenvalue weighted by molar-refractivity contribution is 0.0633. The van der Waals surface area contributed by atoms with Crippen LogP contribution in [0.5, 0.6) is 0 Å². The van der Waals surface area contributed by atoms with Gasteiger partial charge >= 0.3 is 0 Å². The number of benzene rings is 2. The Bertz CT molecular complexity index is 950. The number of nitrogens with zero attached hydrogens (tertiary/aromatic N) is 2. The highest BCUT2D eigenvalue weighted by molar-refractivity contribution is 9.10. The van der Waals surface area contributed by atoms with Crippen molar-refractivity contribution in [2.24, 2.45) is 0 Å². The molecule has 4 rings (SSSR count). The second kappa shape index (κ2) is 7.69. The third-order valence-corrected chi connectivity index (χ3v) is 7.18. The van der Waals surface area contributed by atoms with Crippen molar-refractivity contribution in [1.82, 2.24) is 9.80 Å². The number of amides is 1. The summed E-state index contributed by atoms with van der Waals surface area (Å²) in [7, 11) is 0. The van der Waals surface area contributed by atoms with E-state index >= 15 is 0 Å². The smallest absolute Gasteiger partial charge is 0.265 e. The van der Waals surface area contributed by atoms with E-state index in [1.807, 2.05) is 35.2 Å². The summed E-state index contributed by atoms with van der Waals surface area (Å²) in [6.07, 6.45) is 0. The first-order valence-corrected chi connectivity index (χ1v) is 10.5. The topological polar surface area (TPSA) is 23.6 Å². The van der Waals surface area contributed by atoms with Gasteiger partial charge in [0.1, 0.15) is 4.88 Å². The molecule has 0 aliphatic carbocycles. The Balaban J connectivity index is 1.43. The van der Waals surface area contributed by atoms with Crippen LogP contribution in [0, 0.1) is 0 Å². The summed E-state index contributed by atoms with van der Waals surface area (Å²) in [6, 6.07) is 16.2. The molecule has 0 saturated carbocycles. The van der Waals surface area contributed by atoms with Crippen LogP contribution in [0.15, 0.2) is 53.0 Å². The first-order valence-electron chi connectivity index (χ1n) is 8.55. The maximum absolute atomic E-state index is 12.9. The van der Waals surface area contributed by atoms with Crippen LogP contribution in [0.1, 0.15) is 15.2 Å². The Hall–Kier alpha value is -1.40. The summed E-state index contributed by atoms with van der Waals surface area (Å²) in [5.74, 6) is 0.0525. The van der Waals surface area contributed by atoms with Gasteiger partial charge < -0.3 is 4.90 Å². The van der Waals surface area contributed by atoms with Crippen LogP contribution in [-0.2, 0) is 6.54 Å². The molecule has 3 aromatic rings. The molecular formula is C20H18BrClN2OS. The summed E-state index contributed by atoms with van der Waals surface area (Å²) in [5, 5.41) is 1.56. The lowest BCUT2D eigenvalue weighted by Gasteiger charge is -2.34. The molecule has 1 aliphatic heterocycles. The normalized spacial score (nSPS) is 15.5. The number of hydrogen-bond donors (Lipinski definition) is 0. The Morgan fingerprint density at radius 2 is 1.73 bits per heavy atom. The number of thiophene rings is 1. The first kappa shape index (κ1) is 18.0. The Morgan fingerprint density at radius 1 is 1.04 bits per heavy atom. The van der Waals surface area contributed by atoms with E-state index in [2.05, 4.69) is 39.0 Å². The zero-order valence-electron chi connectivity index (χ0n) is 14.1. The predicted octanol–water partition coefficient (Wildman–Crippen LogP) is 5.28. The fourth-order valence-electron chi connectivity index (χ4n) is 3.27. The second-order valence-electron chi connectivity index (χ2n) is 6.40. The number of rotatable bonds is 3. The lowest BCUT2D eigenvalue weighted by Crippen LogP contribution is -2.48. The van der Waals surface area contributed by atoms with Crippen LogP contribution in [0.25, 0.3) is 10.1 Å². The van der Waals surface area contributed by atoms with Crippen molar-refractivity contribution in [2.45, 2.75) is 6.54 Å². The number of carbonyl (C=O) groups is 1. The quantitative estimate of drug-likeness (QED) is 0.543. The fraction of sp³-hybridized carbons (Fsp3) is 0.250. The van der Waals surface area contributed by atoms with E-state index < -0.39 is 0 Å². The lowest BCUT2D eigenvalue weighted by atomic mass is 10.2. The van der Waals surface area contributed by atoms with Gasteiger partial charge in [0, 0.05) is 47.3 Å². The summed E-state index contributed by atoms with van der Waals surface area (Å²) >= 11 is 11.6. The van der Waals surface area contributed by atoms with Crippen LogP contribution in [0.2, 0.25) is 5.02 Å². The van der Waals surface area contributed by atoms with Crippen molar-refractivity contribution in [1.29, 1.82) is 0 Å². The van der Waals surface area contributed by atoms with E-state index in [0.29, 0.717) is 9.90 Å². The summed E-state index contributed by atoms with van der Waals surface area (Å²) in [4.78, 5) is 17.9. The highest BCUT2D eigenvalue weighted by Gasteiger charge is 2.26. The summed E-state index contributed by atoms with van der Waals surface area (Å²) < 4.78 is 2.20. The minimum absolute atomic E-state index is 0.0525. The van der Waals surface area contributed by atoms with Gasteiger partial charge in [-0.15, -0.1) is 11.3 Å². The van der Waals surface area contributed by atoms with Gasteiger partial charge in [0.25, 0.3) is 5.91 Å². The molecule has 0 radical (unpaired) electrons. The maximum Gasteiger partial charge on any atom is 0.265 e. The van der Waals surface area contributed by atoms with Crippen LogP contribution < -0.4 is 0 Å². The Morgan fingerprint density at radius 3 is 2.46 bits per heavy atom. The highest BCUT2D eigenvalue weighted by atomic mass is 79.9. The molecule has 3 nitrogen and oxygen atoms in total. The number of halogens is 2. The monoisotopic (exact) mass is 448 g/mol. The molecule has 6 heteroatoms. The van der Waals surface area contributed by atoms with Crippen molar-refractivity contribution in [3.8, 4) is 0 Å². The van der Waals surface area contributed by atoms with Gasteiger partial charge in [-0.1, -0.05) is 63.9 Å². The fourth-order valence-corrected chi connectivity index (χ4v) is 5.16. The highest BCUT2D eigenvalue weighted by Crippen LogP contribution is 2.36. The third kappa shape index (κ3) is 3.54. The molecule has 1 amide bonds. The van der Waals surface area contributed by atoms with E-state index in [9.17, 15) is 4.79 Å². The molecule has 2 heterocycles. The zero-order valence-corrected chi connectivity index (χ0v) is 17.3. The SMILES string of the molecule is O=C(c1sc2ccccc2c1Cl)N1CCN(Cc2ccccc2Br)CC1. The minimum atomic E-state index is 0.0525. The van der Waals surface area contributed by atoms with Crippen molar-refractivity contribution in [3.05, 3.63) is 68.5 Å². The Kier molecular flexibility index (Phi) is 5.32. The number of carbonyl (C=O) groups excluding carboxylic acids is 1. The molecule has 0 unspecified atom stereocenters. The van der Waals surface area contributed by atoms with Crippen LogP contribution in [0.4, 0.5) is 0 Å². The van der Waals surface area contributed by atoms with E-state index in [-0.39, 0.29) is 5.91 Å². The van der Waals surface area contributed by atoms with Crippen molar-refractivity contribution >= 4 is 54.9 Å². The largest absolute Gasteiger partial charge is 0.335 e.